The third-order valence-electron chi connectivity index (χ3n) is 4.88. The molecule has 0 aliphatic carbocycles. The molecule has 4 rings (SSSR count). The molecule has 1 aromatic heterocycles. The van der Waals surface area contributed by atoms with Crippen LogP contribution in [-0.2, 0) is 0 Å². The van der Waals surface area contributed by atoms with Gasteiger partial charge in [-0.1, -0.05) is 29.4 Å². The van der Waals surface area contributed by atoms with Gasteiger partial charge in [0, 0.05) is 18.2 Å². The molecule has 2 heterocycles. The van der Waals surface area contributed by atoms with Crippen LogP contribution in [0.5, 0.6) is 5.75 Å². The molecule has 5 nitrogen and oxygen atoms in total. The Bertz CT molecular complexity index is 952. The Balaban J connectivity index is 1.57. The van der Waals surface area contributed by atoms with E-state index in [1.807, 2.05) is 24.3 Å². The number of aromatic nitrogens is 1. The van der Waals surface area contributed by atoms with Crippen molar-refractivity contribution in [2.75, 3.05) is 13.7 Å². The first-order valence-corrected chi connectivity index (χ1v) is 8.84. The molecular weight excluding hydrogens is 347 g/mol. The molecule has 138 valence electrons. The second-order valence-corrected chi connectivity index (χ2v) is 6.49. The fourth-order valence-corrected chi connectivity index (χ4v) is 3.50. The number of carbonyl (C=O) groups excluding carboxylic acids is 1. The zero-order valence-corrected chi connectivity index (χ0v) is 14.9. The van der Waals surface area contributed by atoms with Gasteiger partial charge in [0.1, 0.15) is 17.3 Å². The summed E-state index contributed by atoms with van der Waals surface area (Å²) >= 11 is 0. The predicted octanol–water partition coefficient (Wildman–Crippen LogP) is 4.47. The van der Waals surface area contributed by atoms with Crippen LogP contribution in [0.1, 0.15) is 35.0 Å². The Hall–Kier alpha value is -3.15. The van der Waals surface area contributed by atoms with Gasteiger partial charge in [-0.05, 0) is 42.7 Å². The quantitative estimate of drug-likeness (QED) is 0.684. The fourth-order valence-electron chi connectivity index (χ4n) is 3.50. The third-order valence-corrected chi connectivity index (χ3v) is 4.88. The number of methoxy groups -OCH3 is 1. The van der Waals surface area contributed by atoms with E-state index in [1.54, 1.807) is 30.2 Å². The average molecular weight is 366 g/mol. The lowest BCUT2D eigenvalue weighted by Gasteiger charge is -2.24. The summed E-state index contributed by atoms with van der Waals surface area (Å²) in [7, 11) is 1.62. The summed E-state index contributed by atoms with van der Waals surface area (Å²) in [5, 5.41) is 3.88. The van der Waals surface area contributed by atoms with Crippen molar-refractivity contribution in [2.45, 2.75) is 18.9 Å². The van der Waals surface area contributed by atoms with Crippen LogP contribution in [0.4, 0.5) is 4.39 Å². The summed E-state index contributed by atoms with van der Waals surface area (Å²) in [6.07, 6.45) is 1.79. The maximum atomic E-state index is 13.9. The molecule has 0 bridgehead atoms. The van der Waals surface area contributed by atoms with Gasteiger partial charge in [0.25, 0.3) is 5.91 Å². The van der Waals surface area contributed by atoms with Crippen LogP contribution >= 0.6 is 0 Å². The molecule has 0 saturated carbocycles. The Morgan fingerprint density at radius 2 is 2.00 bits per heavy atom. The summed E-state index contributed by atoms with van der Waals surface area (Å²) in [6, 6.07) is 15.5. The molecule has 0 radical (unpaired) electrons. The largest absolute Gasteiger partial charge is 0.497 e. The number of hydrogen-bond acceptors (Lipinski definition) is 4. The van der Waals surface area contributed by atoms with E-state index in [1.165, 1.54) is 12.1 Å². The highest BCUT2D eigenvalue weighted by Crippen LogP contribution is 2.34. The molecule has 1 aliphatic heterocycles. The number of rotatable bonds is 4. The minimum absolute atomic E-state index is 0.0228. The lowest BCUT2D eigenvalue weighted by Crippen LogP contribution is -2.30. The molecule has 1 aliphatic rings. The van der Waals surface area contributed by atoms with Crippen LogP contribution < -0.4 is 4.74 Å². The van der Waals surface area contributed by atoms with Crippen LogP contribution in [0.25, 0.3) is 11.3 Å². The van der Waals surface area contributed by atoms with Crippen molar-refractivity contribution >= 4 is 5.91 Å². The number of likely N-dealkylation sites (tertiary alicyclic amines) is 1. The van der Waals surface area contributed by atoms with Gasteiger partial charge in [0.2, 0.25) is 5.76 Å². The number of hydrogen-bond donors (Lipinski definition) is 0. The van der Waals surface area contributed by atoms with E-state index < -0.39 is 5.82 Å². The van der Waals surface area contributed by atoms with Gasteiger partial charge >= 0.3 is 0 Å². The molecule has 2 aromatic carbocycles. The van der Waals surface area contributed by atoms with Gasteiger partial charge in [-0.3, -0.25) is 4.79 Å². The molecule has 0 N–H and O–H groups in total. The zero-order chi connectivity index (χ0) is 18.8. The predicted molar refractivity (Wildman–Crippen MR) is 97.9 cm³/mol. The lowest BCUT2D eigenvalue weighted by molar-refractivity contribution is 0.0693. The fraction of sp³-hybridized carbons (Fsp3) is 0.238. The first-order chi connectivity index (χ1) is 13.2. The van der Waals surface area contributed by atoms with Gasteiger partial charge in [-0.2, -0.15) is 0 Å². The van der Waals surface area contributed by atoms with E-state index >= 15 is 0 Å². The molecule has 1 amide bonds. The highest BCUT2D eigenvalue weighted by atomic mass is 19.1. The maximum Gasteiger partial charge on any atom is 0.292 e. The van der Waals surface area contributed by atoms with Crippen LogP contribution in [0.2, 0.25) is 0 Å². The molecule has 1 saturated heterocycles. The van der Waals surface area contributed by atoms with E-state index in [0.717, 1.165) is 24.2 Å². The first-order valence-electron chi connectivity index (χ1n) is 8.84. The molecule has 0 spiro atoms. The number of ether oxygens (including phenoxy) is 1. The topological polar surface area (TPSA) is 55.6 Å². The highest BCUT2D eigenvalue weighted by Gasteiger charge is 2.32. The second-order valence-electron chi connectivity index (χ2n) is 6.49. The number of halogens is 1. The summed E-state index contributed by atoms with van der Waals surface area (Å²) in [5.74, 6) is 0.263. The van der Waals surface area contributed by atoms with E-state index in [-0.39, 0.29) is 17.7 Å². The van der Waals surface area contributed by atoms with Crippen molar-refractivity contribution in [3.05, 3.63) is 71.7 Å². The molecule has 1 atom stereocenters. The number of benzene rings is 2. The third kappa shape index (κ3) is 3.30. The Morgan fingerprint density at radius 3 is 2.74 bits per heavy atom. The zero-order valence-electron chi connectivity index (χ0n) is 14.9. The van der Waals surface area contributed by atoms with Gasteiger partial charge < -0.3 is 14.2 Å². The minimum atomic E-state index is -0.401. The van der Waals surface area contributed by atoms with Gasteiger partial charge in [-0.25, -0.2) is 4.39 Å². The standard InChI is InChI=1S/C21H19FN2O3/c1-26-15-10-8-14(9-11-15)19-7-4-12-24(19)21(25)20-13-18(23-27-20)16-5-2-3-6-17(16)22/h2-3,5-6,8-11,13,19H,4,7,12H2,1H3/t19-/m1/s1. The number of nitrogens with zero attached hydrogens (tertiary/aromatic N) is 2. The summed E-state index contributed by atoms with van der Waals surface area (Å²) in [6.45, 7) is 0.644. The lowest BCUT2D eigenvalue weighted by atomic mass is 10.0. The summed E-state index contributed by atoms with van der Waals surface area (Å²) in [5.41, 5.74) is 1.68. The highest BCUT2D eigenvalue weighted by molar-refractivity contribution is 5.93. The van der Waals surface area contributed by atoms with Gasteiger partial charge in [0.15, 0.2) is 0 Å². The molecule has 6 heteroatoms. The Labute approximate surface area is 156 Å². The normalized spacial score (nSPS) is 16.5. The SMILES string of the molecule is COc1ccc([C@H]2CCCN2C(=O)c2cc(-c3ccccc3F)no2)cc1. The molecule has 1 fully saturated rings. The maximum absolute atomic E-state index is 13.9. The Morgan fingerprint density at radius 1 is 1.22 bits per heavy atom. The Kier molecular flexibility index (Phi) is 4.62. The van der Waals surface area contributed by atoms with Crippen molar-refractivity contribution in [3.8, 4) is 17.0 Å². The van der Waals surface area contributed by atoms with E-state index in [4.69, 9.17) is 9.26 Å². The second kappa shape index (κ2) is 7.23. The van der Waals surface area contributed by atoms with Gasteiger partial charge in [0.05, 0.1) is 13.2 Å². The molecule has 0 unspecified atom stereocenters. The smallest absolute Gasteiger partial charge is 0.292 e. The van der Waals surface area contributed by atoms with E-state index in [0.29, 0.717) is 17.8 Å². The summed E-state index contributed by atoms with van der Waals surface area (Å²) in [4.78, 5) is 14.7. The monoisotopic (exact) mass is 366 g/mol. The molecular formula is C21H19FN2O3. The van der Waals surface area contributed by atoms with Crippen molar-refractivity contribution in [1.82, 2.24) is 10.1 Å². The van der Waals surface area contributed by atoms with E-state index in [9.17, 15) is 9.18 Å². The van der Waals surface area contributed by atoms with Crippen molar-refractivity contribution in [2.24, 2.45) is 0 Å². The van der Waals surface area contributed by atoms with E-state index in [2.05, 4.69) is 5.16 Å². The van der Waals surface area contributed by atoms with Crippen LogP contribution in [0.15, 0.2) is 59.1 Å². The van der Waals surface area contributed by atoms with Crippen molar-refractivity contribution in [1.29, 1.82) is 0 Å². The van der Waals surface area contributed by atoms with Crippen LogP contribution in [-0.4, -0.2) is 29.6 Å². The van der Waals surface area contributed by atoms with Crippen LogP contribution in [0.3, 0.4) is 0 Å². The minimum Gasteiger partial charge on any atom is -0.497 e. The van der Waals surface area contributed by atoms with Crippen LogP contribution in [0, 0.1) is 5.82 Å². The first kappa shape index (κ1) is 17.3. The van der Waals surface area contributed by atoms with Crippen molar-refractivity contribution in [3.63, 3.8) is 0 Å². The molecule has 27 heavy (non-hydrogen) atoms. The molecule has 3 aromatic rings. The number of amides is 1. The average Bonchev–Trinajstić information content (AvgIpc) is 3.38. The van der Waals surface area contributed by atoms with Gasteiger partial charge in [-0.15, -0.1) is 0 Å². The summed E-state index contributed by atoms with van der Waals surface area (Å²) < 4.78 is 24.4. The number of carbonyl (C=O) groups is 1. The van der Waals surface area contributed by atoms with Crippen molar-refractivity contribution < 1.29 is 18.4 Å².